The van der Waals surface area contributed by atoms with E-state index in [2.05, 4.69) is 5.32 Å². The van der Waals surface area contributed by atoms with E-state index in [-0.39, 0.29) is 31.9 Å². The zero-order valence-corrected chi connectivity index (χ0v) is 17.7. The number of nitrogens with one attached hydrogen (secondary N) is 1. The Morgan fingerprint density at radius 1 is 0.966 bits per heavy atom. The van der Waals surface area contributed by atoms with Gasteiger partial charge in [-0.25, -0.2) is 0 Å². The van der Waals surface area contributed by atoms with Gasteiger partial charge in [0, 0.05) is 31.7 Å². The molecule has 0 saturated carbocycles. The van der Waals surface area contributed by atoms with Crippen LogP contribution in [0.5, 0.6) is 0 Å². The van der Waals surface area contributed by atoms with Gasteiger partial charge in [0.05, 0.1) is 30.8 Å². The molecule has 0 aliphatic carbocycles. The largest absolute Gasteiger partial charge is 0.481 e. The van der Waals surface area contributed by atoms with E-state index < -0.39 is 29.0 Å². The van der Waals surface area contributed by atoms with Crippen LogP contribution in [0.4, 0.5) is 0 Å². The van der Waals surface area contributed by atoms with Crippen LogP contribution in [-0.4, -0.2) is 71.2 Å². The van der Waals surface area contributed by atoms with Crippen molar-refractivity contribution < 1.29 is 33.8 Å². The van der Waals surface area contributed by atoms with E-state index in [4.69, 9.17) is 14.6 Å². The molecular formula is C20H32N2O7. The molecule has 0 saturated heterocycles. The van der Waals surface area contributed by atoms with Gasteiger partial charge >= 0.3 is 5.97 Å². The Morgan fingerprint density at radius 2 is 1.52 bits per heavy atom. The van der Waals surface area contributed by atoms with Gasteiger partial charge in [0.15, 0.2) is 0 Å². The van der Waals surface area contributed by atoms with Crippen LogP contribution in [0, 0.1) is 0 Å². The number of carboxylic acid groups (broad SMARTS) is 1. The van der Waals surface area contributed by atoms with Crippen LogP contribution >= 0.6 is 0 Å². The number of hydrogen-bond donors (Lipinski definition) is 2. The average molecular weight is 412 g/mol. The Morgan fingerprint density at radius 3 is 2.10 bits per heavy atom. The second kappa shape index (κ2) is 11.1. The Hall–Kier alpha value is -2.26. The van der Waals surface area contributed by atoms with E-state index in [1.165, 1.54) is 12.2 Å². The van der Waals surface area contributed by atoms with Gasteiger partial charge in [-0.05, 0) is 40.5 Å². The predicted molar refractivity (Wildman–Crippen MR) is 105 cm³/mol. The number of hydrogen-bond acceptors (Lipinski definition) is 6. The van der Waals surface area contributed by atoms with Crippen LogP contribution in [0.2, 0.25) is 0 Å². The third-order valence-electron chi connectivity index (χ3n) is 4.52. The molecule has 0 aromatic heterocycles. The maximum atomic E-state index is 11.9. The molecule has 0 bridgehead atoms. The van der Waals surface area contributed by atoms with Crippen molar-refractivity contribution in [1.82, 2.24) is 10.2 Å². The van der Waals surface area contributed by atoms with Crippen LogP contribution in [0.25, 0.3) is 0 Å². The lowest BCUT2D eigenvalue weighted by Crippen LogP contribution is -2.37. The molecule has 0 radical (unpaired) electrons. The standard InChI is InChI=1S/C20H32N2O7/c1-19(2,29-14-10-20(3,4)28-13-8-18(26)27)9-11-21-15(23)7-12-22-16(24)5-6-17(22)25/h5-6H,7-14H2,1-4H3,(H,21,23)(H,26,27). The zero-order chi connectivity index (χ0) is 22.1. The van der Waals surface area contributed by atoms with Crippen LogP contribution in [0.3, 0.4) is 0 Å². The number of carboxylic acids is 1. The fourth-order valence-corrected chi connectivity index (χ4v) is 2.59. The van der Waals surface area contributed by atoms with Gasteiger partial charge < -0.3 is 19.9 Å². The second-order valence-corrected chi connectivity index (χ2v) is 8.12. The van der Waals surface area contributed by atoms with Crippen molar-refractivity contribution in [3.8, 4) is 0 Å². The van der Waals surface area contributed by atoms with Crippen LogP contribution in [-0.2, 0) is 28.7 Å². The van der Waals surface area contributed by atoms with E-state index in [9.17, 15) is 19.2 Å². The third-order valence-corrected chi connectivity index (χ3v) is 4.52. The minimum Gasteiger partial charge on any atom is -0.481 e. The van der Waals surface area contributed by atoms with Crippen LogP contribution < -0.4 is 5.32 Å². The molecule has 0 unspecified atom stereocenters. The number of carbonyl (C=O) groups is 4. The minimum atomic E-state index is -0.893. The van der Waals surface area contributed by atoms with Crippen molar-refractivity contribution >= 4 is 23.7 Å². The smallest absolute Gasteiger partial charge is 0.305 e. The fourth-order valence-electron chi connectivity index (χ4n) is 2.59. The SMILES string of the molecule is CC(C)(CCNC(=O)CCN1C(=O)C=CC1=O)OCCC(C)(C)OCCC(=O)O. The molecule has 0 aromatic carbocycles. The van der Waals surface area contributed by atoms with Crippen molar-refractivity contribution in [1.29, 1.82) is 0 Å². The van der Waals surface area contributed by atoms with Crippen molar-refractivity contribution in [2.45, 2.75) is 64.6 Å². The van der Waals surface area contributed by atoms with Crippen molar-refractivity contribution in [3.05, 3.63) is 12.2 Å². The number of carbonyl (C=O) groups excluding carboxylic acids is 3. The molecule has 0 aromatic rings. The summed E-state index contributed by atoms with van der Waals surface area (Å²) >= 11 is 0. The first-order valence-electron chi connectivity index (χ1n) is 9.72. The highest BCUT2D eigenvalue weighted by molar-refractivity contribution is 6.13. The van der Waals surface area contributed by atoms with Gasteiger partial charge in [-0.2, -0.15) is 0 Å². The predicted octanol–water partition coefficient (Wildman–Crippen LogP) is 1.26. The zero-order valence-electron chi connectivity index (χ0n) is 17.7. The molecule has 164 valence electrons. The van der Waals surface area contributed by atoms with Gasteiger partial charge in [0.1, 0.15) is 0 Å². The summed E-state index contributed by atoms with van der Waals surface area (Å²) in [5, 5.41) is 11.4. The summed E-state index contributed by atoms with van der Waals surface area (Å²) in [5.41, 5.74) is -0.950. The first-order valence-corrected chi connectivity index (χ1v) is 9.72. The van der Waals surface area contributed by atoms with Gasteiger partial charge in [-0.15, -0.1) is 0 Å². The number of ether oxygens (including phenoxy) is 2. The highest BCUT2D eigenvalue weighted by Gasteiger charge is 2.25. The molecule has 1 aliphatic rings. The average Bonchev–Trinajstić information content (AvgIpc) is 2.90. The number of aliphatic carboxylic acids is 1. The number of rotatable bonds is 14. The van der Waals surface area contributed by atoms with Crippen molar-refractivity contribution in [2.75, 3.05) is 26.3 Å². The molecule has 2 N–H and O–H groups in total. The molecule has 1 aliphatic heterocycles. The van der Waals surface area contributed by atoms with E-state index in [0.29, 0.717) is 26.0 Å². The molecule has 1 heterocycles. The maximum Gasteiger partial charge on any atom is 0.305 e. The lowest BCUT2D eigenvalue weighted by atomic mass is 10.0. The minimum absolute atomic E-state index is 0.0356. The lowest BCUT2D eigenvalue weighted by Gasteiger charge is -2.29. The lowest BCUT2D eigenvalue weighted by molar-refractivity contribution is -0.140. The second-order valence-electron chi connectivity index (χ2n) is 8.12. The summed E-state index contributed by atoms with van der Waals surface area (Å²) in [7, 11) is 0. The normalized spacial score (nSPS) is 14.6. The van der Waals surface area contributed by atoms with Crippen molar-refractivity contribution in [3.63, 3.8) is 0 Å². The maximum absolute atomic E-state index is 11.9. The quantitative estimate of drug-likeness (QED) is 0.412. The third kappa shape index (κ3) is 10.2. The van der Waals surface area contributed by atoms with Gasteiger partial charge in [0.25, 0.3) is 11.8 Å². The van der Waals surface area contributed by atoms with Gasteiger partial charge in [-0.1, -0.05) is 0 Å². The van der Waals surface area contributed by atoms with E-state index in [0.717, 1.165) is 4.90 Å². The molecule has 29 heavy (non-hydrogen) atoms. The van der Waals surface area contributed by atoms with E-state index >= 15 is 0 Å². The number of amides is 3. The molecule has 9 heteroatoms. The summed E-state index contributed by atoms with van der Waals surface area (Å²) in [4.78, 5) is 46.4. The molecular weight excluding hydrogens is 380 g/mol. The molecule has 0 atom stereocenters. The molecule has 3 amide bonds. The Kier molecular flexibility index (Phi) is 9.45. The monoisotopic (exact) mass is 412 g/mol. The van der Waals surface area contributed by atoms with Crippen LogP contribution in [0.1, 0.15) is 53.4 Å². The number of nitrogens with zero attached hydrogens (tertiary/aromatic N) is 1. The molecule has 1 rings (SSSR count). The topological polar surface area (TPSA) is 122 Å². The van der Waals surface area contributed by atoms with E-state index in [1.54, 1.807) is 0 Å². The summed E-state index contributed by atoms with van der Waals surface area (Å²) < 4.78 is 11.5. The molecule has 0 fully saturated rings. The van der Waals surface area contributed by atoms with E-state index in [1.807, 2.05) is 27.7 Å². The highest BCUT2D eigenvalue weighted by atomic mass is 16.5. The fraction of sp³-hybridized carbons (Fsp3) is 0.700. The molecule has 9 nitrogen and oxygen atoms in total. The summed E-state index contributed by atoms with van der Waals surface area (Å²) in [6, 6.07) is 0. The summed E-state index contributed by atoms with van der Waals surface area (Å²) in [6.07, 6.45) is 3.60. The Bertz CT molecular complexity index is 623. The Labute approximate surface area is 171 Å². The highest BCUT2D eigenvalue weighted by Crippen LogP contribution is 2.19. The number of imide groups is 1. The summed E-state index contributed by atoms with van der Waals surface area (Å²) in [6.45, 7) is 8.68. The van der Waals surface area contributed by atoms with Gasteiger partial charge in [-0.3, -0.25) is 24.1 Å². The van der Waals surface area contributed by atoms with Crippen LogP contribution in [0.15, 0.2) is 12.2 Å². The summed E-state index contributed by atoms with van der Waals surface area (Å²) in [5.74, 6) is -1.92. The first-order chi connectivity index (χ1) is 13.4. The molecule has 0 spiro atoms. The Balaban J connectivity index is 2.20. The first kappa shape index (κ1) is 24.8. The van der Waals surface area contributed by atoms with Gasteiger partial charge in [0.2, 0.25) is 5.91 Å². The van der Waals surface area contributed by atoms with Crippen molar-refractivity contribution in [2.24, 2.45) is 0 Å².